The van der Waals surface area contributed by atoms with Crippen LogP contribution < -0.4 is 10.6 Å². The number of nitrogens with zero attached hydrogens (tertiary/aromatic N) is 1. The standard InChI is InChI=1S/C22H23N3O3/c1-2-15-6-5-9-18(12-15)23-19(26)14-25-20(27)22(24-21(25)28)11-10-16-7-3-4-8-17(16)13-22/h3-9,12H,2,10-11,13-14H2,1H3,(H,23,26)(H,24,28). The maximum atomic E-state index is 13.1. The molecule has 2 aromatic rings. The Morgan fingerprint density at radius 2 is 1.93 bits per heavy atom. The number of hydrogen-bond acceptors (Lipinski definition) is 3. The van der Waals surface area contributed by atoms with E-state index in [4.69, 9.17) is 0 Å². The van der Waals surface area contributed by atoms with Crippen LogP contribution in [-0.4, -0.2) is 34.8 Å². The minimum Gasteiger partial charge on any atom is -0.325 e. The lowest BCUT2D eigenvalue weighted by Crippen LogP contribution is -2.51. The predicted molar refractivity (Wildman–Crippen MR) is 106 cm³/mol. The van der Waals surface area contributed by atoms with Gasteiger partial charge in [-0.1, -0.05) is 43.3 Å². The van der Waals surface area contributed by atoms with Crippen molar-refractivity contribution in [3.63, 3.8) is 0 Å². The number of carbonyl (C=O) groups excluding carboxylic acids is 3. The number of rotatable bonds is 4. The molecule has 0 radical (unpaired) electrons. The van der Waals surface area contributed by atoms with E-state index in [0.717, 1.165) is 28.9 Å². The maximum Gasteiger partial charge on any atom is 0.325 e. The molecule has 0 bridgehead atoms. The quantitative estimate of drug-likeness (QED) is 0.804. The Balaban J connectivity index is 1.47. The molecule has 28 heavy (non-hydrogen) atoms. The van der Waals surface area contributed by atoms with Crippen molar-refractivity contribution in [1.82, 2.24) is 10.2 Å². The monoisotopic (exact) mass is 377 g/mol. The van der Waals surface area contributed by atoms with Crippen molar-refractivity contribution in [2.24, 2.45) is 0 Å². The molecule has 4 amide bonds. The van der Waals surface area contributed by atoms with E-state index >= 15 is 0 Å². The highest BCUT2D eigenvalue weighted by atomic mass is 16.2. The van der Waals surface area contributed by atoms with Gasteiger partial charge in [-0.25, -0.2) is 4.79 Å². The summed E-state index contributed by atoms with van der Waals surface area (Å²) in [6.45, 7) is 1.75. The zero-order valence-electron chi connectivity index (χ0n) is 15.8. The second kappa shape index (κ2) is 7.11. The molecular weight excluding hydrogens is 354 g/mol. The van der Waals surface area contributed by atoms with Gasteiger partial charge in [0.25, 0.3) is 5.91 Å². The summed E-state index contributed by atoms with van der Waals surface area (Å²) >= 11 is 0. The zero-order chi connectivity index (χ0) is 19.7. The van der Waals surface area contributed by atoms with E-state index in [2.05, 4.69) is 16.7 Å². The van der Waals surface area contributed by atoms with E-state index in [9.17, 15) is 14.4 Å². The average molecular weight is 377 g/mol. The van der Waals surface area contributed by atoms with E-state index in [1.165, 1.54) is 5.56 Å². The number of hydrogen-bond donors (Lipinski definition) is 2. The third-order valence-corrected chi connectivity index (χ3v) is 5.60. The lowest BCUT2D eigenvalue weighted by atomic mass is 9.78. The van der Waals surface area contributed by atoms with Crippen LogP contribution in [0.5, 0.6) is 0 Å². The van der Waals surface area contributed by atoms with Crippen molar-refractivity contribution in [2.75, 3.05) is 11.9 Å². The Morgan fingerprint density at radius 1 is 1.14 bits per heavy atom. The minimum atomic E-state index is -0.937. The van der Waals surface area contributed by atoms with E-state index in [1.807, 2.05) is 43.3 Å². The highest BCUT2D eigenvalue weighted by molar-refractivity contribution is 6.10. The number of nitrogens with one attached hydrogen (secondary N) is 2. The van der Waals surface area contributed by atoms with Gasteiger partial charge in [0.1, 0.15) is 12.1 Å². The molecule has 6 heteroatoms. The average Bonchev–Trinajstić information content (AvgIpc) is 2.92. The minimum absolute atomic E-state index is 0.287. The summed E-state index contributed by atoms with van der Waals surface area (Å²) in [5, 5.41) is 5.63. The summed E-state index contributed by atoms with van der Waals surface area (Å²) in [5.74, 6) is -0.700. The SMILES string of the molecule is CCc1cccc(NC(=O)CN2C(=O)NC3(CCc4ccccc4C3)C2=O)c1. The van der Waals surface area contributed by atoms with Crippen LogP contribution in [0.2, 0.25) is 0 Å². The highest BCUT2D eigenvalue weighted by Gasteiger charge is 2.52. The number of fused-ring (bicyclic) bond motifs is 1. The fourth-order valence-electron chi connectivity index (χ4n) is 4.06. The maximum absolute atomic E-state index is 13.1. The van der Waals surface area contributed by atoms with Crippen LogP contribution in [0.25, 0.3) is 0 Å². The van der Waals surface area contributed by atoms with Crippen molar-refractivity contribution in [3.05, 3.63) is 65.2 Å². The first kappa shape index (κ1) is 18.2. The first-order valence-electron chi connectivity index (χ1n) is 9.60. The normalized spacial score (nSPS) is 20.8. The van der Waals surface area contributed by atoms with Gasteiger partial charge >= 0.3 is 6.03 Å². The van der Waals surface area contributed by atoms with Crippen LogP contribution in [0, 0.1) is 0 Å². The van der Waals surface area contributed by atoms with Gasteiger partial charge in [-0.05, 0) is 48.1 Å². The number of carbonyl (C=O) groups is 3. The molecule has 1 atom stereocenters. The van der Waals surface area contributed by atoms with Gasteiger partial charge in [-0.2, -0.15) is 0 Å². The van der Waals surface area contributed by atoms with Crippen molar-refractivity contribution in [1.29, 1.82) is 0 Å². The van der Waals surface area contributed by atoms with Crippen LogP contribution in [-0.2, 0) is 28.9 Å². The summed E-state index contributed by atoms with van der Waals surface area (Å²) in [7, 11) is 0. The van der Waals surface area contributed by atoms with Crippen LogP contribution in [0.4, 0.5) is 10.5 Å². The van der Waals surface area contributed by atoms with Gasteiger partial charge in [-0.15, -0.1) is 0 Å². The van der Waals surface area contributed by atoms with Gasteiger partial charge in [-0.3, -0.25) is 14.5 Å². The molecule has 4 rings (SSSR count). The Bertz CT molecular complexity index is 956. The van der Waals surface area contributed by atoms with Crippen LogP contribution in [0.15, 0.2) is 48.5 Å². The van der Waals surface area contributed by atoms with Crippen LogP contribution >= 0.6 is 0 Å². The van der Waals surface area contributed by atoms with Crippen LogP contribution in [0.3, 0.4) is 0 Å². The second-order valence-electron chi connectivity index (χ2n) is 7.45. The zero-order valence-corrected chi connectivity index (χ0v) is 15.8. The van der Waals surface area contributed by atoms with E-state index < -0.39 is 11.6 Å². The summed E-state index contributed by atoms with van der Waals surface area (Å²) in [4.78, 5) is 39.0. The number of benzene rings is 2. The number of aryl methyl sites for hydroxylation is 2. The summed E-state index contributed by atoms with van der Waals surface area (Å²) in [5.41, 5.74) is 3.12. The van der Waals surface area contributed by atoms with E-state index in [1.54, 1.807) is 6.07 Å². The molecule has 1 saturated heterocycles. The van der Waals surface area contributed by atoms with Crippen molar-refractivity contribution >= 4 is 23.5 Å². The Labute approximate surface area is 163 Å². The molecule has 1 aliphatic heterocycles. The molecule has 0 saturated carbocycles. The number of imide groups is 1. The van der Waals surface area contributed by atoms with Gasteiger partial charge in [0.15, 0.2) is 0 Å². The van der Waals surface area contributed by atoms with Crippen molar-refractivity contribution in [2.45, 2.75) is 38.1 Å². The molecular formula is C22H23N3O3. The van der Waals surface area contributed by atoms with Gasteiger partial charge in [0.2, 0.25) is 5.91 Å². The fourth-order valence-corrected chi connectivity index (χ4v) is 4.06. The lowest BCUT2D eigenvalue weighted by molar-refractivity contribution is -0.134. The summed E-state index contributed by atoms with van der Waals surface area (Å²) in [6, 6.07) is 15.0. The first-order valence-corrected chi connectivity index (χ1v) is 9.60. The summed E-state index contributed by atoms with van der Waals surface area (Å²) < 4.78 is 0. The topological polar surface area (TPSA) is 78.5 Å². The summed E-state index contributed by atoms with van der Waals surface area (Å²) in [6.07, 6.45) is 2.60. The molecule has 2 aliphatic rings. The van der Waals surface area contributed by atoms with Gasteiger partial charge < -0.3 is 10.6 Å². The third kappa shape index (κ3) is 3.26. The Hall–Kier alpha value is -3.15. The van der Waals surface area contributed by atoms with Crippen molar-refractivity contribution < 1.29 is 14.4 Å². The Kier molecular flexibility index (Phi) is 4.63. The van der Waals surface area contributed by atoms with Gasteiger partial charge in [0, 0.05) is 12.1 Å². The number of anilines is 1. The van der Waals surface area contributed by atoms with E-state index in [0.29, 0.717) is 18.5 Å². The number of amides is 4. The molecule has 1 aliphatic carbocycles. The molecule has 1 spiro atoms. The molecule has 2 aromatic carbocycles. The second-order valence-corrected chi connectivity index (χ2v) is 7.45. The molecule has 1 heterocycles. The fraction of sp³-hybridized carbons (Fsp3) is 0.318. The highest BCUT2D eigenvalue weighted by Crippen LogP contribution is 2.33. The first-order chi connectivity index (χ1) is 13.5. The number of urea groups is 1. The van der Waals surface area contributed by atoms with Crippen LogP contribution in [0.1, 0.15) is 30.0 Å². The molecule has 144 valence electrons. The lowest BCUT2D eigenvalue weighted by Gasteiger charge is -2.32. The van der Waals surface area contributed by atoms with Crippen molar-refractivity contribution in [3.8, 4) is 0 Å². The smallest absolute Gasteiger partial charge is 0.325 e. The molecule has 1 fully saturated rings. The molecule has 0 aromatic heterocycles. The molecule has 6 nitrogen and oxygen atoms in total. The van der Waals surface area contributed by atoms with Gasteiger partial charge in [0.05, 0.1) is 0 Å². The predicted octanol–water partition coefficient (Wildman–Crippen LogP) is 2.67. The molecule has 1 unspecified atom stereocenters. The third-order valence-electron chi connectivity index (χ3n) is 5.60. The Morgan fingerprint density at radius 3 is 2.71 bits per heavy atom. The molecule has 2 N–H and O–H groups in total. The van der Waals surface area contributed by atoms with E-state index in [-0.39, 0.29) is 18.4 Å². The largest absolute Gasteiger partial charge is 0.325 e.